The fourth-order valence-corrected chi connectivity index (χ4v) is 2.30. The summed E-state index contributed by atoms with van der Waals surface area (Å²) in [6.45, 7) is 4.36. The molecule has 0 aliphatic carbocycles. The third kappa shape index (κ3) is 4.46. The van der Waals surface area contributed by atoms with Crippen LogP contribution >= 0.6 is 0 Å². The number of rotatable bonds is 6. The van der Waals surface area contributed by atoms with Crippen LogP contribution in [0.1, 0.15) is 46.0 Å². The summed E-state index contributed by atoms with van der Waals surface area (Å²) in [4.78, 5) is 25.0. The highest BCUT2D eigenvalue weighted by Gasteiger charge is 2.29. The Hall–Kier alpha value is -0.900. The Kier molecular flexibility index (Phi) is 5.62. The number of carbonyl (C=O) groups is 2. The van der Waals surface area contributed by atoms with Crippen LogP contribution in [0.4, 0.5) is 0 Å². The number of ether oxygens (including phenoxy) is 1. The zero-order chi connectivity index (χ0) is 12.8. The predicted molar refractivity (Wildman–Crippen MR) is 65.7 cm³/mol. The van der Waals surface area contributed by atoms with E-state index in [0.29, 0.717) is 12.8 Å². The van der Waals surface area contributed by atoms with Gasteiger partial charge in [0, 0.05) is 32.5 Å². The molecule has 4 heteroatoms. The van der Waals surface area contributed by atoms with Gasteiger partial charge in [0.25, 0.3) is 0 Å². The minimum absolute atomic E-state index is 0.118. The maximum absolute atomic E-state index is 12.0. The molecular weight excluding hydrogens is 218 g/mol. The normalized spacial score (nSPS) is 21.6. The van der Waals surface area contributed by atoms with Crippen molar-refractivity contribution >= 4 is 11.7 Å². The second-order valence-corrected chi connectivity index (χ2v) is 4.87. The number of likely N-dealkylation sites (tertiary alicyclic amines) is 1. The summed E-state index contributed by atoms with van der Waals surface area (Å²) in [5, 5.41) is 0. The third-order valence-corrected chi connectivity index (χ3v) is 3.39. The van der Waals surface area contributed by atoms with Crippen molar-refractivity contribution < 1.29 is 14.3 Å². The molecule has 0 aromatic rings. The summed E-state index contributed by atoms with van der Waals surface area (Å²) >= 11 is 0. The maximum atomic E-state index is 12.0. The molecule has 0 N–H and O–H groups in total. The number of ketones is 1. The molecule has 1 saturated heterocycles. The first-order chi connectivity index (χ1) is 8.04. The van der Waals surface area contributed by atoms with Gasteiger partial charge in [-0.25, -0.2) is 0 Å². The zero-order valence-electron chi connectivity index (χ0n) is 11.1. The molecule has 1 aliphatic rings. The number of hydrogen-bond donors (Lipinski definition) is 0. The molecule has 4 nitrogen and oxygen atoms in total. The van der Waals surface area contributed by atoms with Crippen molar-refractivity contribution in [1.29, 1.82) is 0 Å². The Labute approximate surface area is 103 Å². The van der Waals surface area contributed by atoms with Gasteiger partial charge in [-0.2, -0.15) is 0 Å². The summed E-state index contributed by atoms with van der Waals surface area (Å²) in [6.07, 6.45) is 3.87. The SMILES string of the molecule is COC(C)CCC(=O)N1CCCC1CC(C)=O. The standard InChI is InChI=1S/C13H23NO3/c1-10(15)9-12-5-4-8-14(12)13(16)7-6-11(2)17-3/h11-12H,4-9H2,1-3H3. The number of Topliss-reactive ketones (excluding diaryl/α,β-unsaturated/α-hetero) is 1. The lowest BCUT2D eigenvalue weighted by atomic mass is 10.1. The van der Waals surface area contributed by atoms with E-state index in [1.165, 1.54) is 0 Å². The molecular formula is C13H23NO3. The first-order valence-electron chi connectivity index (χ1n) is 6.36. The first kappa shape index (κ1) is 14.2. The Balaban J connectivity index is 2.41. The predicted octanol–water partition coefficient (Wildman–Crippen LogP) is 1.77. The molecule has 0 radical (unpaired) electrons. The van der Waals surface area contributed by atoms with Gasteiger partial charge >= 0.3 is 0 Å². The number of carbonyl (C=O) groups excluding carboxylic acids is 2. The van der Waals surface area contributed by atoms with E-state index in [1.807, 2.05) is 11.8 Å². The average Bonchev–Trinajstić information content (AvgIpc) is 2.72. The van der Waals surface area contributed by atoms with Crippen LogP contribution in [0, 0.1) is 0 Å². The van der Waals surface area contributed by atoms with E-state index in [0.717, 1.165) is 25.8 Å². The summed E-state index contributed by atoms with van der Waals surface area (Å²) in [5.41, 5.74) is 0. The second-order valence-electron chi connectivity index (χ2n) is 4.87. The summed E-state index contributed by atoms with van der Waals surface area (Å²) in [6, 6.07) is 0.137. The molecule has 1 fully saturated rings. The van der Waals surface area contributed by atoms with Crippen LogP contribution in [0.3, 0.4) is 0 Å². The lowest BCUT2D eigenvalue weighted by molar-refractivity contribution is -0.133. The van der Waals surface area contributed by atoms with Crippen molar-refractivity contribution in [2.45, 2.75) is 58.1 Å². The van der Waals surface area contributed by atoms with Crippen LogP contribution in [0.15, 0.2) is 0 Å². The van der Waals surface area contributed by atoms with Gasteiger partial charge in [0.2, 0.25) is 5.91 Å². The van der Waals surface area contributed by atoms with Gasteiger partial charge in [-0.05, 0) is 33.1 Å². The minimum Gasteiger partial charge on any atom is -0.382 e. The molecule has 98 valence electrons. The van der Waals surface area contributed by atoms with Gasteiger partial charge in [0.1, 0.15) is 5.78 Å². The summed E-state index contributed by atoms with van der Waals surface area (Å²) in [7, 11) is 1.66. The van der Waals surface area contributed by atoms with Gasteiger partial charge in [0.15, 0.2) is 0 Å². The molecule has 2 atom stereocenters. The van der Waals surface area contributed by atoms with Crippen molar-refractivity contribution in [1.82, 2.24) is 4.90 Å². The molecule has 1 aliphatic heterocycles. The van der Waals surface area contributed by atoms with Gasteiger partial charge in [-0.15, -0.1) is 0 Å². The quantitative estimate of drug-likeness (QED) is 0.712. The lowest BCUT2D eigenvalue weighted by Crippen LogP contribution is -2.36. The summed E-state index contributed by atoms with van der Waals surface area (Å²) < 4.78 is 5.13. The van der Waals surface area contributed by atoms with Crippen molar-refractivity contribution in [3.63, 3.8) is 0 Å². The highest BCUT2D eigenvalue weighted by molar-refractivity contribution is 5.80. The third-order valence-electron chi connectivity index (χ3n) is 3.39. The van der Waals surface area contributed by atoms with Crippen LogP contribution in [0.25, 0.3) is 0 Å². The number of methoxy groups -OCH3 is 1. The molecule has 0 bridgehead atoms. The number of nitrogens with zero attached hydrogens (tertiary/aromatic N) is 1. The smallest absolute Gasteiger partial charge is 0.222 e. The van der Waals surface area contributed by atoms with E-state index in [-0.39, 0.29) is 23.8 Å². The van der Waals surface area contributed by atoms with E-state index in [9.17, 15) is 9.59 Å². The monoisotopic (exact) mass is 241 g/mol. The van der Waals surface area contributed by atoms with E-state index in [2.05, 4.69) is 0 Å². The van der Waals surface area contributed by atoms with Crippen LogP contribution in [0.5, 0.6) is 0 Å². The van der Waals surface area contributed by atoms with Crippen LogP contribution < -0.4 is 0 Å². The Morgan fingerprint density at radius 1 is 1.47 bits per heavy atom. The van der Waals surface area contributed by atoms with Crippen LogP contribution in [0.2, 0.25) is 0 Å². The molecule has 2 unspecified atom stereocenters. The highest BCUT2D eigenvalue weighted by Crippen LogP contribution is 2.21. The molecule has 0 spiro atoms. The Morgan fingerprint density at radius 3 is 2.76 bits per heavy atom. The molecule has 0 aromatic heterocycles. The van der Waals surface area contributed by atoms with Crippen LogP contribution in [-0.2, 0) is 14.3 Å². The number of hydrogen-bond acceptors (Lipinski definition) is 3. The largest absolute Gasteiger partial charge is 0.382 e. The fraction of sp³-hybridized carbons (Fsp3) is 0.846. The molecule has 1 rings (SSSR count). The van der Waals surface area contributed by atoms with E-state index in [1.54, 1.807) is 14.0 Å². The van der Waals surface area contributed by atoms with E-state index >= 15 is 0 Å². The van der Waals surface area contributed by atoms with Crippen molar-refractivity contribution in [3.05, 3.63) is 0 Å². The maximum Gasteiger partial charge on any atom is 0.222 e. The Bertz CT molecular complexity index is 278. The van der Waals surface area contributed by atoms with Crippen LogP contribution in [-0.4, -0.2) is 42.4 Å². The molecule has 17 heavy (non-hydrogen) atoms. The minimum atomic E-state index is 0.118. The molecule has 1 amide bonds. The fourth-order valence-electron chi connectivity index (χ4n) is 2.30. The van der Waals surface area contributed by atoms with Gasteiger partial charge in [-0.3, -0.25) is 9.59 Å². The van der Waals surface area contributed by atoms with E-state index < -0.39 is 0 Å². The molecule has 1 heterocycles. The first-order valence-corrected chi connectivity index (χ1v) is 6.36. The van der Waals surface area contributed by atoms with Crippen molar-refractivity contribution in [3.8, 4) is 0 Å². The molecule has 0 saturated carbocycles. The second kappa shape index (κ2) is 6.74. The van der Waals surface area contributed by atoms with Crippen molar-refractivity contribution in [2.24, 2.45) is 0 Å². The lowest BCUT2D eigenvalue weighted by Gasteiger charge is -2.24. The zero-order valence-corrected chi connectivity index (χ0v) is 11.1. The topological polar surface area (TPSA) is 46.6 Å². The molecule has 0 aromatic carbocycles. The van der Waals surface area contributed by atoms with Crippen molar-refractivity contribution in [2.75, 3.05) is 13.7 Å². The van der Waals surface area contributed by atoms with Gasteiger partial charge < -0.3 is 9.64 Å². The average molecular weight is 241 g/mol. The van der Waals surface area contributed by atoms with E-state index in [4.69, 9.17) is 4.74 Å². The number of amides is 1. The Morgan fingerprint density at radius 2 is 2.18 bits per heavy atom. The highest BCUT2D eigenvalue weighted by atomic mass is 16.5. The van der Waals surface area contributed by atoms with Gasteiger partial charge in [0.05, 0.1) is 6.10 Å². The summed E-state index contributed by atoms with van der Waals surface area (Å²) in [5.74, 6) is 0.331. The van der Waals surface area contributed by atoms with Gasteiger partial charge in [-0.1, -0.05) is 0 Å².